The van der Waals surface area contributed by atoms with Gasteiger partial charge in [-0.3, -0.25) is 4.79 Å². The van der Waals surface area contributed by atoms with Gasteiger partial charge >= 0.3 is 0 Å². The smallest absolute Gasteiger partial charge is 0.239 e. The first kappa shape index (κ1) is 12.9. The van der Waals surface area contributed by atoms with Gasteiger partial charge in [0.25, 0.3) is 0 Å². The molecule has 98 valence electrons. The summed E-state index contributed by atoms with van der Waals surface area (Å²) < 4.78 is 0. The van der Waals surface area contributed by atoms with E-state index in [1.54, 1.807) is 0 Å². The molecular weight excluding hydrogens is 212 g/mol. The molecule has 3 nitrogen and oxygen atoms in total. The lowest BCUT2D eigenvalue weighted by Crippen LogP contribution is -2.41. The molecule has 0 bridgehead atoms. The quantitative estimate of drug-likeness (QED) is 0.812. The standard InChI is InChI=1S/C14H26N2O/c1-10(14(2,3)4)9-16-8-7-12(13(16)17)15-11-5-6-11/h10-12,15H,5-9H2,1-4H3. The maximum atomic E-state index is 12.2. The van der Waals surface area contributed by atoms with Crippen molar-refractivity contribution in [1.82, 2.24) is 10.2 Å². The van der Waals surface area contributed by atoms with Crippen molar-refractivity contribution in [3.63, 3.8) is 0 Å². The Morgan fingerprint density at radius 3 is 2.53 bits per heavy atom. The van der Waals surface area contributed by atoms with E-state index in [-0.39, 0.29) is 11.5 Å². The Morgan fingerprint density at radius 2 is 2.00 bits per heavy atom. The van der Waals surface area contributed by atoms with E-state index in [1.165, 1.54) is 12.8 Å². The van der Waals surface area contributed by atoms with Crippen LogP contribution in [0.5, 0.6) is 0 Å². The minimum Gasteiger partial charge on any atom is -0.341 e. The lowest BCUT2D eigenvalue weighted by molar-refractivity contribution is -0.130. The molecule has 1 saturated carbocycles. The number of nitrogens with zero attached hydrogens (tertiary/aromatic N) is 1. The largest absolute Gasteiger partial charge is 0.341 e. The highest BCUT2D eigenvalue weighted by molar-refractivity contribution is 5.84. The van der Waals surface area contributed by atoms with Crippen LogP contribution in [0.25, 0.3) is 0 Å². The van der Waals surface area contributed by atoms with Gasteiger partial charge < -0.3 is 10.2 Å². The number of likely N-dealkylation sites (tertiary alicyclic amines) is 1. The van der Waals surface area contributed by atoms with Crippen molar-refractivity contribution in [2.24, 2.45) is 11.3 Å². The summed E-state index contributed by atoms with van der Waals surface area (Å²) >= 11 is 0. The van der Waals surface area contributed by atoms with Crippen molar-refractivity contribution in [3.05, 3.63) is 0 Å². The van der Waals surface area contributed by atoms with Gasteiger partial charge in [0.1, 0.15) is 0 Å². The summed E-state index contributed by atoms with van der Waals surface area (Å²) in [4.78, 5) is 14.2. The highest BCUT2D eigenvalue weighted by Crippen LogP contribution is 2.28. The lowest BCUT2D eigenvalue weighted by Gasteiger charge is -2.31. The number of hydrogen-bond acceptors (Lipinski definition) is 2. The van der Waals surface area contributed by atoms with Crippen molar-refractivity contribution in [3.8, 4) is 0 Å². The second-order valence-corrected chi connectivity index (χ2v) is 6.83. The Labute approximate surface area is 105 Å². The van der Waals surface area contributed by atoms with E-state index < -0.39 is 0 Å². The number of hydrogen-bond donors (Lipinski definition) is 1. The van der Waals surface area contributed by atoms with Gasteiger partial charge in [0.05, 0.1) is 6.04 Å². The Morgan fingerprint density at radius 1 is 1.35 bits per heavy atom. The summed E-state index contributed by atoms with van der Waals surface area (Å²) in [6.07, 6.45) is 3.50. The van der Waals surface area contributed by atoms with Crippen LogP contribution in [0.2, 0.25) is 0 Å². The topological polar surface area (TPSA) is 32.3 Å². The minimum absolute atomic E-state index is 0.106. The summed E-state index contributed by atoms with van der Waals surface area (Å²) in [6, 6.07) is 0.735. The van der Waals surface area contributed by atoms with E-state index in [2.05, 4.69) is 37.9 Å². The molecule has 2 atom stereocenters. The Bertz CT molecular complexity index is 291. The second kappa shape index (κ2) is 4.60. The molecule has 2 aliphatic rings. The molecule has 17 heavy (non-hydrogen) atoms. The van der Waals surface area contributed by atoms with Crippen LogP contribution >= 0.6 is 0 Å². The SMILES string of the molecule is CC(CN1CCC(NC2CC2)C1=O)C(C)(C)C. The Balaban J connectivity index is 1.84. The van der Waals surface area contributed by atoms with Crippen molar-refractivity contribution in [2.45, 2.75) is 59.0 Å². The Hall–Kier alpha value is -0.570. The number of carbonyl (C=O) groups is 1. The zero-order valence-corrected chi connectivity index (χ0v) is 11.6. The molecule has 1 heterocycles. The summed E-state index contributed by atoms with van der Waals surface area (Å²) in [5, 5.41) is 3.45. The Kier molecular flexibility index (Phi) is 3.48. The number of carbonyl (C=O) groups excluding carboxylic acids is 1. The van der Waals surface area contributed by atoms with Gasteiger partial charge in [-0.1, -0.05) is 27.7 Å². The van der Waals surface area contributed by atoms with Gasteiger partial charge in [-0.05, 0) is 30.6 Å². The first-order valence-corrected chi connectivity index (χ1v) is 6.93. The van der Waals surface area contributed by atoms with Crippen molar-refractivity contribution in [2.75, 3.05) is 13.1 Å². The first-order valence-electron chi connectivity index (χ1n) is 6.93. The third kappa shape index (κ3) is 3.21. The number of nitrogens with one attached hydrogen (secondary N) is 1. The lowest BCUT2D eigenvalue weighted by atomic mass is 9.82. The second-order valence-electron chi connectivity index (χ2n) is 6.83. The molecular formula is C14H26N2O. The van der Waals surface area contributed by atoms with Crippen LogP contribution in [0.3, 0.4) is 0 Å². The molecule has 0 aromatic heterocycles. The van der Waals surface area contributed by atoms with Crippen LogP contribution in [0.1, 0.15) is 47.0 Å². The molecule has 0 spiro atoms. The zero-order chi connectivity index (χ0) is 12.6. The summed E-state index contributed by atoms with van der Waals surface area (Å²) in [6.45, 7) is 10.8. The molecule has 1 saturated heterocycles. The van der Waals surface area contributed by atoms with E-state index >= 15 is 0 Å². The molecule has 2 fully saturated rings. The number of rotatable bonds is 4. The van der Waals surface area contributed by atoms with E-state index in [0.717, 1.165) is 19.5 Å². The van der Waals surface area contributed by atoms with E-state index in [4.69, 9.17) is 0 Å². The first-order chi connectivity index (χ1) is 7.88. The van der Waals surface area contributed by atoms with Gasteiger partial charge in [0.15, 0.2) is 0 Å². The normalized spacial score (nSPS) is 27.6. The van der Waals surface area contributed by atoms with Gasteiger partial charge in [-0.15, -0.1) is 0 Å². The van der Waals surface area contributed by atoms with E-state index in [0.29, 0.717) is 17.9 Å². The average Bonchev–Trinajstić information content (AvgIpc) is 2.97. The predicted molar refractivity (Wildman–Crippen MR) is 69.8 cm³/mol. The molecule has 1 aliphatic heterocycles. The molecule has 2 unspecified atom stereocenters. The molecule has 0 radical (unpaired) electrons. The van der Waals surface area contributed by atoms with Crippen molar-refractivity contribution in [1.29, 1.82) is 0 Å². The van der Waals surface area contributed by atoms with Crippen LogP contribution in [-0.2, 0) is 4.79 Å². The summed E-state index contributed by atoms with van der Waals surface area (Å²) in [5.41, 5.74) is 0.280. The highest BCUT2D eigenvalue weighted by atomic mass is 16.2. The third-order valence-corrected chi connectivity index (χ3v) is 4.28. The predicted octanol–water partition coefficient (Wildman–Crippen LogP) is 2.02. The molecule has 1 N–H and O–H groups in total. The molecule has 2 rings (SSSR count). The van der Waals surface area contributed by atoms with Gasteiger partial charge in [0, 0.05) is 19.1 Å². The minimum atomic E-state index is 0.106. The molecule has 1 amide bonds. The highest BCUT2D eigenvalue weighted by Gasteiger charge is 2.36. The fourth-order valence-electron chi connectivity index (χ4n) is 2.21. The number of amides is 1. The maximum Gasteiger partial charge on any atom is 0.239 e. The van der Waals surface area contributed by atoms with Gasteiger partial charge in [-0.25, -0.2) is 0 Å². The maximum absolute atomic E-state index is 12.2. The third-order valence-electron chi connectivity index (χ3n) is 4.28. The molecule has 0 aromatic rings. The van der Waals surface area contributed by atoms with E-state index in [9.17, 15) is 4.79 Å². The van der Waals surface area contributed by atoms with Crippen LogP contribution in [0.15, 0.2) is 0 Å². The van der Waals surface area contributed by atoms with Crippen LogP contribution in [0.4, 0.5) is 0 Å². The molecule has 0 aromatic carbocycles. The monoisotopic (exact) mass is 238 g/mol. The van der Waals surface area contributed by atoms with E-state index in [1.807, 2.05) is 0 Å². The zero-order valence-electron chi connectivity index (χ0n) is 11.6. The summed E-state index contributed by atoms with van der Waals surface area (Å²) in [5.74, 6) is 0.874. The van der Waals surface area contributed by atoms with Crippen LogP contribution in [0, 0.1) is 11.3 Å². The molecule has 1 aliphatic carbocycles. The van der Waals surface area contributed by atoms with Crippen LogP contribution < -0.4 is 5.32 Å². The summed E-state index contributed by atoms with van der Waals surface area (Å²) in [7, 11) is 0. The molecule has 3 heteroatoms. The average molecular weight is 238 g/mol. The van der Waals surface area contributed by atoms with Gasteiger partial charge in [-0.2, -0.15) is 0 Å². The van der Waals surface area contributed by atoms with Crippen molar-refractivity contribution >= 4 is 5.91 Å². The van der Waals surface area contributed by atoms with Crippen LogP contribution in [-0.4, -0.2) is 36.0 Å². The fraction of sp³-hybridized carbons (Fsp3) is 0.929. The van der Waals surface area contributed by atoms with Gasteiger partial charge in [0.2, 0.25) is 5.91 Å². The van der Waals surface area contributed by atoms with Crippen molar-refractivity contribution < 1.29 is 4.79 Å². The fourth-order valence-corrected chi connectivity index (χ4v) is 2.21.